The molecule has 0 radical (unpaired) electrons. The van der Waals surface area contributed by atoms with E-state index in [0.717, 1.165) is 0 Å². The molecule has 2 N–H and O–H groups in total. The van der Waals surface area contributed by atoms with Crippen LogP contribution in [0.3, 0.4) is 0 Å². The summed E-state index contributed by atoms with van der Waals surface area (Å²) >= 11 is 0. The number of carboxylic acid groups (broad SMARTS) is 1. The van der Waals surface area contributed by atoms with Gasteiger partial charge in [0.15, 0.2) is 6.04 Å². The van der Waals surface area contributed by atoms with Gasteiger partial charge in [0.1, 0.15) is 0 Å². The first-order valence-corrected chi connectivity index (χ1v) is 3.70. The SMILES string of the molecule is [2H]O[C@H]1CCN(C(C)=O)[C@@H]1C(=O)O. The van der Waals surface area contributed by atoms with Crippen LogP contribution in [0.2, 0.25) is 0 Å². The summed E-state index contributed by atoms with van der Waals surface area (Å²) in [5.41, 5.74) is 0. The summed E-state index contributed by atoms with van der Waals surface area (Å²) in [7, 11) is 0. The predicted molar refractivity (Wildman–Crippen MR) is 39.4 cm³/mol. The van der Waals surface area contributed by atoms with Crippen molar-refractivity contribution in [2.45, 2.75) is 25.5 Å². The number of rotatable bonds is 2. The lowest BCUT2D eigenvalue weighted by Crippen LogP contribution is -2.44. The maximum absolute atomic E-state index is 11.0. The van der Waals surface area contributed by atoms with Crippen LogP contribution in [0.4, 0.5) is 0 Å². The Kier molecular flexibility index (Phi) is 1.95. The van der Waals surface area contributed by atoms with Crippen molar-refractivity contribution in [3.8, 4) is 0 Å². The first-order chi connectivity index (χ1) is 6.07. The van der Waals surface area contributed by atoms with Crippen molar-refractivity contribution in [2.24, 2.45) is 0 Å². The van der Waals surface area contributed by atoms with Crippen molar-refractivity contribution in [2.75, 3.05) is 6.54 Å². The molecule has 1 aliphatic heterocycles. The minimum absolute atomic E-state index is 0.299. The second-order valence-corrected chi connectivity index (χ2v) is 2.82. The van der Waals surface area contributed by atoms with Gasteiger partial charge in [-0.3, -0.25) is 4.79 Å². The van der Waals surface area contributed by atoms with Gasteiger partial charge < -0.3 is 15.1 Å². The zero-order chi connectivity index (χ0) is 10.0. The van der Waals surface area contributed by atoms with Gasteiger partial charge in [-0.15, -0.1) is 0 Å². The maximum atomic E-state index is 11.0. The van der Waals surface area contributed by atoms with Crippen LogP contribution in [0.5, 0.6) is 0 Å². The first kappa shape index (κ1) is 7.54. The molecular weight excluding hydrogens is 162 g/mol. The molecule has 1 rings (SSSR count). The molecule has 1 amide bonds. The number of hydrogen-bond donors (Lipinski definition) is 2. The lowest BCUT2D eigenvalue weighted by atomic mass is 10.2. The third-order valence-electron chi connectivity index (χ3n) is 2.00. The van der Waals surface area contributed by atoms with Gasteiger partial charge in [0.2, 0.25) is 7.34 Å². The van der Waals surface area contributed by atoms with Gasteiger partial charge in [-0.25, -0.2) is 4.79 Å². The molecule has 1 fully saturated rings. The number of carbonyl (C=O) groups excluding carboxylic acids is 1. The summed E-state index contributed by atoms with van der Waals surface area (Å²) in [6.45, 7) is 1.65. The van der Waals surface area contributed by atoms with Crippen molar-refractivity contribution < 1.29 is 19.8 Å². The number of carbonyl (C=O) groups is 2. The zero-order valence-corrected chi connectivity index (χ0v) is 6.69. The number of hydrogen-bond acceptors (Lipinski definition) is 3. The number of aliphatic carboxylic acids is 1. The monoisotopic (exact) mass is 174 g/mol. The van der Waals surface area contributed by atoms with Gasteiger partial charge in [0.05, 0.1) is 6.10 Å². The van der Waals surface area contributed by atoms with E-state index in [1.807, 2.05) is 0 Å². The Morgan fingerprint density at radius 2 is 2.33 bits per heavy atom. The highest BCUT2D eigenvalue weighted by Crippen LogP contribution is 2.17. The molecule has 0 aromatic rings. The van der Waals surface area contributed by atoms with Crippen molar-refractivity contribution >= 4 is 11.9 Å². The molecular formula is C7H11NO4. The average Bonchev–Trinajstić information content (AvgIpc) is 2.46. The van der Waals surface area contributed by atoms with Gasteiger partial charge >= 0.3 is 5.97 Å². The van der Waals surface area contributed by atoms with Crippen LogP contribution < -0.4 is 0 Å². The second-order valence-electron chi connectivity index (χ2n) is 2.82. The minimum Gasteiger partial charge on any atom is -0.480 e. The highest BCUT2D eigenvalue weighted by Gasteiger charge is 2.39. The molecule has 0 aliphatic carbocycles. The molecule has 68 valence electrons. The van der Waals surface area contributed by atoms with Crippen LogP contribution in [-0.2, 0) is 9.59 Å². The Balaban J connectivity index is 2.78. The van der Waals surface area contributed by atoms with E-state index in [1.165, 1.54) is 11.8 Å². The number of aliphatic hydroxyl groups excluding tert-OH is 1. The van der Waals surface area contributed by atoms with E-state index in [1.54, 1.807) is 0 Å². The van der Waals surface area contributed by atoms with E-state index < -0.39 is 18.1 Å². The molecule has 12 heavy (non-hydrogen) atoms. The minimum atomic E-state index is -1.12. The highest BCUT2D eigenvalue weighted by atomic mass is 16.4. The molecule has 2 atom stereocenters. The van der Waals surface area contributed by atoms with Gasteiger partial charge in [-0.2, -0.15) is 0 Å². The average molecular weight is 174 g/mol. The topological polar surface area (TPSA) is 77.8 Å². The van der Waals surface area contributed by atoms with Crippen LogP contribution in [0, 0.1) is 0 Å². The Bertz CT molecular complexity index is 233. The van der Waals surface area contributed by atoms with Crippen LogP contribution in [-0.4, -0.2) is 47.1 Å². The summed E-state index contributed by atoms with van der Waals surface area (Å²) in [6.07, 6.45) is -0.304. The number of aliphatic hydroxyl groups is 1. The van der Waals surface area contributed by atoms with Crippen LogP contribution in [0.1, 0.15) is 13.3 Å². The fourth-order valence-electron chi connectivity index (χ4n) is 1.41. The standard InChI is InChI=1S/C7H11NO4/c1-4(9)8-3-2-5(10)6(8)7(11)12/h5-6,10H,2-3H2,1H3,(H,11,12)/t5-,6-/m0/s1/i10D. The molecule has 0 aromatic heterocycles. The summed E-state index contributed by atoms with van der Waals surface area (Å²) < 4.78 is 6.65. The molecule has 1 saturated heterocycles. The number of likely N-dealkylation sites (tertiary alicyclic amines) is 1. The fourth-order valence-corrected chi connectivity index (χ4v) is 1.41. The lowest BCUT2D eigenvalue weighted by molar-refractivity contribution is -0.150. The van der Waals surface area contributed by atoms with Crippen LogP contribution >= 0.6 is 0 Å². The quantitative estimate of drug-likeness (QED) is 0.566. The largest absolute Gasteiger partial charge is 0.480 e. The normalized spacial score (nSPS) is 30.1. The van der Waals surface area contributed by atoms with E-state index in [4.69, 9.17) is 6.54 Å². The Labute approximate surface area is 71.1 Å². The second kappa shape index (κ2) is 3.10. The van der Waals surface area contributed by atoms with Crippen molar-refractivity contribution in [1.29, 1.82) is 1.43 Å². The Hall–Kier alpha value is -1.10. The van der Waals surface area contributed by atoms with E-state index in [9.17, 15) is 9.59 Å². The molecule has 0 spiro atoms. The first-order valence-electron chi connectivity index (χ1n) is 4.10. The third kappa shape index (κ3) is 1.40. The maximum Gasteiger partial charge on any atom is 0.329 e. The zero-order valence-electron chi connectivity index (χ0n) is 7.69. The molecule has 0 bridgehead atoms. The van der Waals surface area contributed by atoms with E-state index >= 15 is 0 Å². The summed E-state index contributed by atoms with van der Waals surface area (Å²) in [4.78, 5) is 22.9. The van der Waals surface area contributed by atoms with Gasteiger partial charge in [0.25, 0.3) is 0 Å². The van der Waals surface area contributed by atoms with Crippen LogP contribution in [0.15, 0.2) is 0 Å². The predicted octanol–water partition coefficient (Wildman–Crippen LogP) is -0.947. The van der Waals surface area contributed by atoms with Crippen molar-refractivity contribution in [3.05, 3.63) is 0 Å². The highest BCUT2D eigenvalue weighted by molar-refractivity contribution is 5.83. The Morgan fingerprint density at radius 3 is 2.75 bits per heavy atom. The van der Waals surface area contributed by atoms with Gasteiger partial charge in [-0.1, -0.05) is 0 Å². The molecule has 5 heteroatoms. The summed E-state index contributed by atoms with van der Waals surface area (Å²) in [5, 5.41) is 13.0. The smallest absolute Gasteiger partial charge is 0.329 e. The van der Waals surface area contributed by atoms with Crippen LogP contribution in [0.25, 0.3) is 0 Å². The molecule has 0 saturated carbocycles. The number of amides is 1. The van der Waals surface area contributed by atoms with E-state index in [-0.39, 0.29) is 5.91 Å². The van der Waals surface area contributed by atoms with E-state index in [0.29, 0.717) is 13.0 Å². The Morgan fingerprint density at radius 1 is 1.67 bits per heavy atom. The summed E-state index contributed by atoms with van der Waals surface area (Å²) in [6, 6.07) is -1.00. The summed E-state index contributed by atoms with van der Waals surface area (Å²) in [5.74, 6) is -1.42. The van der Waals surface area contributed by atoms with Crippen molar-refractivity contribution in [3.63, 3.8) is 0 Å². The van der Waals surface area contributed by atoms with Gasteiger partial charge in [-0.05, 0) is 6.42 Å². The molecule has 1 heterocycles. The van der Waals surface area contributed by atoms with Crippen molar-refractivity contribution in [1.82, 2.24) is 4.90 Å². The molecule has 0 unspecified atom stereocenters. The fraction of sp³-hybridized carbons (Fsp3) is 0.714. The number of carboxylic acids is 1. The third-order valence-corrected chi connectivity index (χ3v) is 2.00. The van der Waals surface area contributed by atoms with E-state index in [2.05, 4.69) is 5.11 Å². The lowest BCUT2D eigenvalue weighted by Gasteiger charge is -2.20. The van der Waals surface area contributed by atoms with Gasteiger partial charge in [0, 0.05) is 13.5 Å². The molecule has 5 nitrogen and oxygen atoms in total. The molecule has 1 aliphatic rings. The number of nitrogens with zero attached hydrogens (tertiary/aromatic N) is 1. The molecule has 0 aromatic carbocycles.